The average Bonchev–Trinajstić information content (AvgIpc) is 2.39. The highest BCUT2D eigenvalue weighted by Gasteiger charge is 2.30. The summed E-state index contributed by atoms with van der Waals surface area (Å²) in [7, 11) is 0. The van der Waals surface area contributed by atoms with Crippen LogP contribution in [-0.4, -0.2) is 80.2 Å². The maximum absolute atomic E-state index is 10.9. The summed E-state index contributed by atoms with van der Waals surface area (Å²) in [6, 6.07) is 0. The summed E-state index contributed by atoms with van der Waals surface area (Å²) in [6.45, 7) is -1.55. The predicted octanol–water partition coefficient (Wildman–Crippen LogP) is -3.39. The number of carboxylic acids is 1. The number of aliphatic hydroxyl groups is 5. The molecule has 0 saturated heterocycles. The number of carbonyl (C=O) groups is 2. The van der Waals surface area contributed by atoms with E-state index in [-0.39, 0.29) is 0 Å². The molecule has 6 N–H and O–H groups in total. The number of hydrogen-bond acceptors (Lipinski definition) is 8. The molecule has 0 aliphatic heterocycles. The molecule has 0 radical (unpaired) electrons. The average molecular weight is 280 g/mol. The molecule has 0 unspecified atom stereocenters. The third-order valence-electron chi connectivity index (χ3n) is 2.08. The Kier molecular flexibility index (Phi) is 7.87. The first-order chi connectivity index (χ1) is 8.79. The molecule has 0 bridgehead atoms. The molecule has 0 saturated carbocycles. The van der Waals surface area contributed by atoms with Crippen molar-refractivity contribution in [2.45, 2.75) is 24.4 Å². The lowest BCUT2D eigenvalue weighted by Crippen LogP contribution is -2.47. The van der Waals surface area contributed by atoms with Gasteiger partial charge in [-0.1, -0.05) is 0 Å². The minimum Gasteiger partial charge on any atom is -0.478 e. The highest BCUT2D eigenvalue weighted by molar-refractivity contribution is 5.90. The van der Waals surface area contributed by atoms with Crippen LogP contribution in [0.1, 0.15) is 0 Å². The van der Waals surface area contributed by atoms with E-state index >= 15 is 0 Å². The number of aliphatic carboxylic acids is 1. The molecule has 0 aromatic carbocycles. The standard InChI is InChI=1S/C10H16O9/c11-3-5(12)9(17)10(18)6(13)4-19-8(16)2-1-7(14)15/h1-2,5-6,9-13,17-18H,3-4H2,(H,14,15)/t5-,6-,9-,10-/m1/s1. The Labute approximate surface area is 108 Å². The summed E-state index contributed by atoms with van der Waals surface area (Å²) in [5, 5.41) is 53.7. The maximum atomic E-state index is 10.9. The van der Waals surface area contributed by atoms with Crippen LogP contribution in [0.5, 0.6) is 0 Å². The fraction of sp³-hybridized carbons (Fsp3) is 0.600. The fourth-order valence-electron chi connectivity index (χ4n) is 1.02. The summed E-state index contributed by atoms with van der Waals surface area (Å²) in [4.78, 5) is 21.0. The van der Waals surface area contributed by atoms with E-state index in [2.05, 4.69) is 4.74 Å². The van der Waals surface area contributed by atoms with Crippen molar-refractivity contribution in [1.29, 1.82) is 0 Å². The zero-order valence-corrected chi connectivity index (χ0v) is 9.79. The van der Waals surface area contributed by atoms with Crippen LogP contribution in [0.4, 0.5) is 0 Å². The van der Waals surface area contributed by atoms with Gasteiger partial charge in [-0.15, -0.1) is 0 Å². The molecule has 0 heterocycles. The molecule has 0 rings (SSSR count). The van der Waals surface area contributed by atoms with Gasteiger partial charge in [0.1, 0.15) is 31.0 Å². The van der Waals surface area contributed by atoms with Gasteiger partial charge in [0.25, 0.3) is 0 Å². The maximum Gasteiger partial charge on any atom is 0.331 e. The molecule has 19 heavy (non-hydrogen) atoms. The van der Waals surface area contributed by atoms with E-state index < -0.39 is 49.6 Å². The second-order valence-corrected chi connectivity index (χ2v) is 3.60. The van der Waals surface area contributed by atoms with Gasteiger partial charge < -0.3 is 35.4 Å². The number of carbonyl (C=O) groups excluding carboxylic acids is 1. The van der Waals surface area contributed by atoms with Gasteiger partial charge >= 0.3 is 11.9 Å². The summed E-state index contributed by atoms with van der Waals surface area (Å²) < 4.78 is 4.38. The lowest BCUT2D eigenvalue weighted by Gasteiger charge is -2.25. The van der Waals surface area contributed by atoms with Crippen molar-refractivity contribution in [2.75, 3.05) is 13.2 Å². The number of carboxylic acid groups (broad SMARTS) is 1. The first-order valence-electron chi connectivity index (χ1n) is 5.20. The van der Waals surface area contributed by atoms with Crippen LogP contribution in [0.25, 0.3) is 0 Å². The summed E-state index contributed by atoms with van der Waals surface area (Å²) in [5.74, 6) is -2.43. The highest BCUT2D eigenvalue weighted by atomic mass is 16.5. The van der Waals surface area contributed by atoms with Crippen LogP contribution in [0.15, 0.2) is 12.2 Å². The van der Waals surface area contributed by atoms with Gasteiger partial charge in [-0.3, -0.25) is 0 Å². The summed E-state index contributed by atoms with van der Waals surface area (Å²) >= 11 is 0. The van der Waals surface area contributed by atoms with Crippen LogP contribution in [-0.2, 0) is 14.3 Å². The Morgan fingerprint density at radius 2 is 1.53 bits per heavy atom. The number of rotatable bonds is 8. The van der Waals surface area contributed by atoms with Crippen LogP contribution in [0.2, 0.25) is 0 Å². The molecule has 0 aromatic rings. The Balaban J connectivity index is 4.20. The molecule has 9 heteroatoms. The van der Waals surface area contributed by atoms with E-state index in [9.17, 15) is 24.9 Å². The van der Waals surface area contributed by atoms with Crippen molar-refractivity contribution in [2.24, 2.45) is 0 Å². The summed E-state index contributed by atoms with van der Waals surface area (Å²) in [6.07, 6.45) is -5.92. The Morgan fingerprint density at radius 1 is 1.00 bits per heavy atom. The third kappa shape index (κ3) is 6.84. The van der Waals surface area contributed by atoms with Crippen LogP contribution in [0.3, 0.4) is 0 Å². The van der Waals surface area contributed by atoms with Crippen molar-refractivity contribution in [3.8, 4) is 0 Å². The van der Waals surface area contributed by atoms with Gasteiger partial charge in [0, 0.05) is 12.2 Å². The monoisotopic (exact) mass is 280 g/mol. The van der Waals surface area contributed by atoms with Gasteiger partial charge in [0.15, 0.2) is 0 Å². The Bertz CT molecular complexity index is 327. The predicted molar refractivity (Wildman–Crippen MR) is 58.8 cm³/mol. The minimum absolute atomic E-state index is 0.523. The first kappa shape index (κ1) is 17.5. The molecular weight excluding hydrogens is 264 g/mol. The SMILES string of the molecule is O=C(O)C=CC(=O)OC[C@@H](O)[C@@H](O)[C@H](O)[C@H](O)CO. The van der Waals surface area contributed by atoms with E-state index in [4.69, 9.17) is 15.3 Å². The van der Waals surface area contributed by atoms with Crippen LogP contribution in [0, 0.1) is 0 Å². The molecule has 9 nitrogen and oxygen atoms in total. The quantitative estimate of drug-likeness (QED) is 0.196. The number of hydrogen-bond donors (Lipinski definition) is 6. The van der Waals surface area contributed by atoms with E-state index in [1.165, 1.54) is 0 Å². The minimum atomic E-state index is -1.85. The number of aliphatic hydroxyl groups excluding tert-OH is 5. The van der Waals surface area contributed by atoms with Crippen molar-refractivity contribution in [3.63, 3.8) is 0 Å². The number of ether oxygens (including phenoxy) is 1. The van der Waals surface area contributed by atoms with Gasteiger partial charge in [0.2, 0.25) is 0 Å². The van der Waals surface area contributed by atoms with Gasteiger partial charge in [-0.25, -0.2) is 9.59 Å². The van der Waals surface area contributed by atoms with E-state index in [0.29, 0.717) is 12.2 Å². The molecule has 110 valence electrons. The normalized spacial score (nSPS) is 17.7. The van der Waals surface area contributed by atoms with Crippen molar-refractivity contribution in [1.82, 2.24) is 0 Å². The van der Waals surface area contributed by atoms with E-state index in [1.54, 1.807) is 0 Å². The molecule has 0 fully saturated rings. The fourth-order valence-corrected chi connectivity index (χ4v) is 1.02. The zero-order valence-electron chi connectivity index (χ0n) is 9.79. The van der Waals surface area contributed by atoms with Crippen LogP contribution < -0.4 is 0 Å². The van der Waals surface area contributed by atoms with E-state index in [0.717, 1.165) is 0 Å². The third-order valence-corrected chi connectivity index (χ3v) is 2.08. The highest BCUT2D eigenvalue weighted by Crippen LogP contribution is 2.05. The molecule has 0 amide bonds. The smallest absolute Gasteiger partial charge is 0.331 e. The van der Waals surface area contributed by atoms with Crippen LogP contribution >= 0.6 is 0 Å². The van der Waals surface area contributed by atoms with Gasteiger partial charge in [-0.05, 0) is 0 Å². The Hall–Kier alpha value is -1.52. The zero-order chi connectivity index (χ0) is 15.0. The second-order valence-electron chi connectivity index (χ2n) is 3.60. The van der Waals surface area contributed by atoms with Gasteiger partial charge in [-0.2, -0.15) is 0 Å². The van der Waals surface area contributed by atoms with Crippen molar-refractivity contribution >= 4 is 11.9 Å². The molecule has 0 aromatic heterocycles. The van der Waals surface area contributed by atoms with Gasteiger partial charge in [0.05, 0.1) is 6.61 Å². The molecular formula is C10H16O9. The van der Waals surface area contributed by atoms with Crippen molar-refractivity contribution < 1.29 is 45.0 Å². The summed E-state index contributed by atoms with van der Waals surface area (Å²) in [5.41, 5.74) is 0. The molecule has 0 aliphatic carbocycles. The lowest BCUT2D eigenvalue weighted by atomic mass is 10.0. The molecule has 0 aliphatic rings. The largest absolute Gasteiger partial charge is 0.478 e. The molecule has 0 spiro atoms. The second kappa shape index (κ2) is 8.56. The van der Waals surface area contributed by atoms with Crippen molar-refractivity contribution in [3.05, 3.63) is 12.2 Å². The Morgan fingerprint density at radius 3 is 2.00 bits per heavy atom. The number of esters is 1. The topological polar surface area (TPSA) is 165 Å². The first-order valence-corrected chi connectivity index (χ1v) is 5.20. The molecule has 4 atom stereocenters. The van der Waals surface area contributed by atoms with E-state index in [1.807, 2.05) is 0 Å². The lowest BCUT2D eigenvalue weighted by molar-refractivity contribution is -0.151.